The van der Waals surface area contributed by atoms with Crippen molar-refractivity contribution in [2.45, 2.75) is 129 Å². The van der Waals surface area contributed by atoms with E-state index in [-0.39, 0.29) is 18.6 Å². The number of esters is 3. The van der Waals surface area contributed by atoms with Crippen molar-refractivity contribution in [2.24, 2.45) is 22.7 Å². The summed E-state index contributed by atoms with van der Waals surface area (Å²) in [6.07, 6.45) is -8.64. The van der Waals surface area contributed by atoms with Crippen molar-refractivity contribution in [1.29, 1.82) is 0 Å². The predicted molar refractivity (Wildman–Crippen MR) is 207 cm³/mol. The molecule has 3 fully saturated rings. The number of nitrogens with one attached hydrogen (secondary N) is 1. The molecule has 14 nitrogen and oxygen atoms in total. The SMILES string of the molecule is CC(=O)OC12COC1CC(O)[C@@]1(C)C(=O)[C@H](C)C3=C(C)C(OC(=O)C(O)C(NC(=O)OC(C)(C)C)c4ccccc4)CC(O)(C(OC(=O)c4ccccc4)C21)C3(C)C. The maximum Gasteiger partial charge on any atom is 0.408 e. The smallest absolute Gasteiger partial charge is 0.408 e. The Hall–Kier alpha value is -4.63. The van der Waals surface area contributed by atoms with Gasteiger partial charge in [-0.3, -0.25) is 9.59 Å². The number of hydrogen-bond acceptors (Lipinski definition) is 13. The monoisotopic (exact) mass is 805 g/mol. The van der Waals surface area contributed by atoms with Crippen LogP contribution in [0.4, 0.5) is 4.79 Å². The Kier molecular flexibility index (Phi) is 11.3. The third-order valence-corrected chi connectivity index (χ3v) is 12.9. The summed E-state index contributed by atoms with van der Waals surface area (Å²) >= 11 is 0. The van der Waals surface area contributed by atoms with E-state index < -0.39 is 112 Å². The average molecular weight is 806 g/mol. The van der Waals surface area contributed by atoms with E-state index in [2.05, 4.69) is 5.32 Å². The molecule has 3 aliphatic carbocycles. The van der Waals surface area contributed by atoms with E-state index in [0.29, 0.717) is 16.7 Å². The minimum Gasteiger partial charge on any atom is -0.456 e. The van der Waals surface area contributed by atoms with Gasteiger partial charge in [-0.1, -0.05) is 69.3 Å². The molecule has 6 rings (SSSR count). The van der Waals surface area contributed by atoms with Crippen LogP contribution in [-0.4, -0.2) is 99.0 Å². The maximum absolute atomic E-state index is 15.2. The molecule has 1 saturated heterocycles. The van der Waals surface area contributed by atoms with Gasteiger partial charge in [0.05, 0.1) is 35.6 Å². The number of aliphatic hydroxyl groups is 3. The number of ether oxygens (including phenoxy) is 5. The van der Waals surface area contributed by atoms with Crippen LogP contribution in [0.5, 0.6) is 0 Å². The molecule has 2 aromatic carbocycles. The van der Waals surface area contributed by atoms with Gasteiger partial charge >= 0.3 is 24.0 Å². The summed E-state index contributed by atoms with van der Waals surface area (Å²) in [6.45, 7) is 14.3. The number of fused-ring (bicyclic) bond motifs is 5. The molecule has 1 amide bonds. The van der Waals surface area contributed by atoms with Gasteiger partial charge in [-0.25, -0.2) is 14.4 Å². The van der Waals surface area contributed by atoms with Crippen LogP contribution < -0.4 is 5.32 Å². The van der Waals surface area contributed by atoms with Crippen molar-refractivity contribution in [1.82, 2.24) is 5.32 Å². The van der Waals surface area contributed by atoms with Crippen molar-refractivity contribution >= 4 is 29.8 Å². The zero-order valence-electron chi connectivity index (χ0n) is 34.4. The molecule has 4 N–H and O–H groups in total. The highest BCUT2D eigenvalue weighted by molar-refractivity contribution is 5.92. The fourth-order valence-corrected chi connectivity index (χ4v) is 10.1. The Labute approximate surface area is 338 Å². The normalized spacial score (nSPS) is 33.7. The Morgan fingerprint density at radius 2 is 1.57 bits per heavy atom. The van der Waals surface area contributed by atoms with Crippen LogP contribution in [0.15, 0.2) is 71.8 Å². The summed E-state index contributed by atoms with van der Waals surface area (Å²) < 4.78 is 29.9. The van der Waals surface area contributed by atoms with Gasteiger partial charge in [0.15, 0.2) is 11.7 Å². The number of amides is 1. The number of aliphatic hydroxyl groups excluding tert-OH is 2. The van der Waals surface area contributed by atoms with Crippen molar-refractivity contribution in [3.63, 3.8) is 0 Å². The fourth-order valence-electron chi connectivity index (χ4n) is 10.1. The lowest BCUT2D eigenvalue weighted by molar-refractivity contribution is -0.345. The topological polar surface area (TPSA) is 204 Å². The number of rotatable bonds is 8. The molecule has 2 saturated carbocycles. The van der Waals surface area contributed by atoms with Gasteiger partial charge in [0.2, 0.25) is 0 Å². The lowest BCUT2D eigenvalue weighted by Gasteiger charge is -2.67. The Bertz CT molecular complexity index is 1970. The van der Waals surface area contributed by atoms with E-state index in [1.807, 2.05) is 0 Å². The molecule has 2 aromatic rings. The highest BCUT2D eigenvalue weighted by Crippen LogP contribution is 2.65. The second kappa shape index (κ2) is 15.2. The zero-order valence-corrected chi connectivity index (χ0v) is 34.4. The van der Waals surface area contributed by atoms with E-state index in [1.165, 1.54) is 19.1 Å². The summed E-state index contributed by atoms with van der Waals surface area (Å²) in [5.41, 5.74) is -6.56. The highest BCUT2D eigenvalue weighted by atomic mass is 16.6. The molecule has 58 heavy (non-hydrogen) atoms. The second-order valence-electron chi connectivity index (χ2n) is 17.9. The van der Waals surface area contributed by atoms with Gasteiger partial charge in [0.25, 0.3) is 0 Å². The summed E-state index contributed by atoms with van der Waals surface area (Å²) in [4.78, 5) is 69.3. The van der Waals surface area contributed by atoms with E-state index >= 15 is 4.79 Å². The van der Waals surface area contributed by atoms with Crippen molar-refractivity contribution in [3.8, 4) is 0 Å². The molecular weight excluding hydrogens is 750 g/mol. The summed E-state index contributed by atoms with van der Waals surface area (Å²) in [6, 6.07) is 15.0. The van der Waals surface area contributed by atoms with Gasteiger partial charge in [-0.05, 0) is 63.5 Å². The minimum absolute atomic E-state index is 0.0734. The Balaban J connectivity index is 1.49. The first-order valence-electron chi connectivity index (χ1n) is 19.7. The standard InChI is InChI=1S/C44H55NO13/c1-23-28(55-38(51)33(48)32(26-16-12-10-13-17-26)45-39(52)58-40(4,5)6)21-44(53)36(56-37(50)27-18-14-11-15-19-27)34-42(9,35(49)24(2)31(23)41(44,7)8)29(47)20-30-43(34,22-54-30)57-25(3)46/h10-19,24,28-30,32-34,36,47-48,53H,20-22H2,1-9H3,(H,45,52)/t24-,28?,29?,30?,32?,33?,34?,36?,42-,43?,44?/m1/s1. The molecule has 11 atom stereocenters. The van der Waals surface area contributed by atoms with Gasteiger partial charge in [0.1, 0.15) is 35.3 Å². The van der Waals surface area contributed by atoms with E-state index in [4.69, 9.17) is 23.7 Å². The number of carbonyl (C=O) groups is 5. The van der Waals surface area contributed by atoms with Gasteiger partial charge in [0, 0.05) is 31.1 Å². The summed E-state index contributed by atoms with van der Waals surface area (Å²) in [5, 5.41) is 39.7. The van der Waals surface area contributed by atoms with Crippen LogP contribution in [0.2, 0.25) is 0 Å². The maximum atomic E-state index is 15.2. The van der Waals surface area contributed by atoms with Gasteiger partial charge < -0.3 is 44.3 Å². The third-order valence-electron chi connectivity index (χ3n) is 12.9. The molecule has 0 aromatic heterocycles. The Morgan fingerprint density at radius 1 is 0.966 bits per heavy atom. The minimum atomic E-state index is -2.19. The first-order chi connectivity index (χ1) is 27.0. The van der Waals surface area contributed by atoms with Crippen molar-refractivity contribution in [2.75, 3.05) is 6.61 Å². The van der Waals surface area contributed by atoms with E-state index in [9.17, 15) is 34.5 Å². The second-order valence-corrected chi connectivity index (χ2v) is 17.9. The van der Waals surface area contributed by atoms with E-state index in [0.717, 1.165) is 0 Å². The fraction of sp³-hybridized carbons (Fsp3) is 0.568. The lowest BCUT2D eigenvalue weighted by Crippen LogP contribution is -2.81. The van der Waals surface area contributed by atoms with Gasteiger partial charge in [-0.15, -0.1) is 0 Å². The van der Waals surface area contributed by atoms with Crippen LogP contribution in [0, 0.1) is 22.7 Å². The third kappa shape index (κ3) is 7.11. The molecule has 0 radical (unpaired) electrons. The molecule has 1 aliphatic heterocycles. The quantitative estimate of drug-likeness (QED) is 0.165. The van der Waals surface area contributed by atoms with Crippen LogP contribution in [-0.2, 0) is 38.1 Å². The lowest BCUT2D eigenvalue weighted by atomic mass is 9.43. The molecule has 0 spiro atoms. The Morgan fingerprint density at radius 3 is 2.12 bits per heavy atom. The van der Waals surface area contributed by atoms with Crippen molar-refractivity contribution in [3.05, 3.63) is 82.9 Å². The number of ketones is 1. The number of hydrogen-bond donors (Lipinski definition) is 4. The van der Waals surface area contributed by atoms with Crippen LogP contribution in [0.3, 0.4) is 0 Å². The highest BCUT2D eigenvalue weighted by Gasteiger charge is 2.77. The van der Waals surface area contributed by atoms with Crippen LogP contribution in [0.25, 0.3) is 0 Å². The number of alkyl carbamates (subject to hydrolysis) is 1. The molecule has 9 unspecified atom stereocenters. The largest absolute Gasteiger partial charge is 0.456 e. The number of carbonyl (C=O) groups excluding carboxylic acids is 5. The summed E-state index contributed by atoms with van der Waals surface area (Å²) in [5.74, 6) is -5.57. The first-order valence-corrected chi connectivity index (χ1v) is 19.7. The number of Topliss-reactive ketones (excluding diaryl/α,β-unsaturated/α-hetero) is 1. The zero-order chi connectivity index (χ0) is 42.7. The average Bonchev–Trinajstić information content (AvgIpc) is 3.14. The molecule has 14 heteroatoms. The van der Waals surface area contributed by atoms with Crippen LogP contribution >= 0.6 is 0 Å². The first kappa shape index (κ1) is 43.0. The molecule has 314 valence electrons. The number of benzene rings is 2. The predicted octanol–water partition coefficient (Wildman–Crippen LogP) is 4.53. The van der Waals surface area contributed by atoms with Crippen LogP contribution in [0.1, 0.15) is 97.1 Å². The molecular formula is C44H55NO13. The molecule has 2 bridgehead atoms. The molecule has 4 aliphatic rings. The molecule has 1 heterocycles. The van der Waals surface area contributed by atoms with E-state index in [1.54, 1.807) is 104 Å². The van der Waals surface area contributed by atoms with Crippen molar-refractivity contribution < 1.29 is 63.0 Å². The van der Waals surface area contributed by atoms with Gasteiger partial charge in [-0.2, -0.15) is 0 Å². The summed E-state index contributed by atoms with van der Waals surface area (Å²) in [7, 11) is 0.